The van der Waals surface area contributed by atoms with Crippen LogP contribution in [-0.4, -0.2) is 62.4 Å². The molecule has 1 aliphatic rings. The second kappa shape index (κ2) is 8.17. The number of ether oxygens (including phenoxy) is 1. The van der Waals surface area contributed by atoms with Gasteiger partial charge in [0, 0.05) is 5.82 Å². The fourth-order valence-electron chi connectivity index (χ4n) is 2.25. The molecule has 0 spiro atoms. The van der Waals surface area contributed by atoms with E-state index in [4.69, 9.17) is 19.5 Å². The van der Waals surface area contributed by atoms with Gasteiger partial charge in [-0.1, -0.05) is 0 Å². The third-order valence-corrected chi connectivity index (χ3v) is 5.11. The summed E-state index contributed by atoms with van der Waals surface area (Å²) in [5, 5.41) is 24.0. The lowest BCUT2D eigenvalue weighted by atomic mass is 10.1. The van der Waals surface area contributed by atoms with Gasteiger partial charge in [-0.25, -0.2) is 9.67 Å². The van der Waals surface area contributed by atoms with Crippen molar-refractivity contribution >= 4 is 13.5 Å². The normalized spacial score (nSPS) is 27.2. The predicted molar refractivity (Wildman–Crippen MR) is 84.5 cm³/mol. The Kier molecular flexibility index (Phi) is 6.44. The number of primary amides is 1. The van der Waals surface area contributed by atoms with Gasteiger partial charge in [-0.05, 0) is 19.9 Å². The molecule has 0 radical (unpaired) electrons. The van der Waals surface area contributed by atoms with Crippen LogP contribution >= 0.6 is 7.60 Å². The van der Waals surface area contributed by atoms with E-state index < -0.39 is 38.0 Å². The van der Waals surface area contributed by atoms with E-state index in [9.17, 15) is 19.6 Å². The van der Waals surface area contributed by atoms with Crippen molar-refractivity contribution in [2.75, 3.05) is 13.2 Å². The van der Waals surface area contributed by atoms with Crippen LogP contribution in [0.3, 0.4) is 0 Å². The quantitative estimate of drug-likeness (QED) is 0.521. The number of aromatic nitrogens is 3. The van der Waals surface area contributed by atoms with Gasteiger partial charge < -0.3 is 29.7 Å². The molecule has 0 saturated carbocycles. The van der Waals surface area contributed by atoms with E-state index in [2.05, 4.69) is 10.1 Å². The highest BCUT2D eigenvalue weighted by Crippen LogP contribution is 2.50. The van der Waals surface area contributed by atoms with Crippen molar-refractivity contribution in [2.24, 2.45) is 5.73 Å². The van der Waals surface area contributed by atoms with Crippen molar-refractivity contribution in [3.05, 3.63) is 24.0 Å². The van der Waals surface area contributed by atoms with Crippen LogP contribution in [0.1, 0.15) is 30.7 Å². The number of rotatable bonds is 8. The minimum absolute atomic E-state index is 0.176. The molecule has 0 aliphatic carbocycles. The summed E-state index contributed by atoms with van der Waals surface area (Å²) in [6.45, 7) is 3.69. The lowest BCUT2D eigenvalue weighted by molar-refractivity contribution is -0.0346. The molecule has 1 aliphatic heterocycles. The molecule has 4 N–H and O–H groups in total. The van der Waals surface area contributed by atoms with Gasteiger partial charge in [-0.3, -0.25) is 9.36 Å². The first-order valence-electron chi connectivity index (χ1n) is 7.62. The zero-order valence-electron chi connectivity index (χ0n) is 13.8. The number of hydrogen-bond acceptors (Lipinski definition) is 9. The topological polar surface area (TPSA) is 159 Å². The van der Waals surface area contributed by atoms with Crippen LogP contribution < -0.4 is 5.73 Å². The maximum Gasteiger partial charge on any atom is 0.353 e. The molecule has 1 fully saturated rings. The summed E-state index contributed by atoms with van der Waals surface area (Å²) in [5.74, 6) is 0.0955. The molecule has 11 nitrogen and oxygen atoms in total. The summed E-state index contributed by atoms with van der Waals surface area (Å²) >= 11 is 0. The number of nitrogens with zero attached hydrogens (tertiary/aromatic N) is 3. The average Bonchev–Trinajstić information content (AvgIpc) is 3.13. The summed E-state index contributed by atoms with van der Waals surface area (Å²) in [5.41, 5.74) is 5.07. The molecular weight excluding hydrogens is 355 g/mol. The van der Waals surface area contributed by atoms with Gasteiger partial charge in [0.05, 0.1) is 13.2 Å². The molecule has 12 heteroatoms. The molecule has 0 bridgehead atoms. The van der Waals surface area contributed by atoms with Gasteiger partial charge in [0.2, 0.25) is 5.82 Å². The Morgan fingerprint density at radius 3 is 2.56 bits per heavy atom. The average molecular weight is 376 g/mol. The van der Waals surface area contributed by atoms with Crippen LogP contribution in [-0.2, 0) is 18.3 Å². The van der Waals surface area contributed by atoms with Crippen LogP contribution in [0.25, 0.3) is 0 Å². The minimum Gasteiger partial charge on any atom is -0.387 e. The first-order valence-corrected chi connectivity index (χ1v) is 9.23. The number of aliphatic hydroxyl groups excluding tert-OH is 2. The van der Waals surface area contributed by atoms with Crippen molar-refractivity contribution in [2.45, 2.75) is 38.4 Å². The SMILES string of the molecule is CCOP(=O)(/C=C/C1O[C@@H](n2cnc(C(N)=O)n2)[C@H](O)[C@@H]1O)OCC. The molecule has 140 valence electrons. The summed E-state index contributed by atoms with van der Waals surface area (Å²) in [6, 6.07) is 0. The number of aliphatic hydroxyl groups is 2. The fraction of sp³-hybridized carbons (Fsp3) is 0.615. The van der Waals surface area contributed by atoms with Gasteiger partial charge in [-0.15, -0.1) is 5.10 Å². The lowest BCUT2D eigenvalue weighted by Crippen LogP contribution is -2.31. The minimum atomic E-state index is -3.47. The van der Waals surface area contributed by atoms with E-state index in [-0.39, 0.29) is 19.0 Å². The monoisotopic (exact) mass is 376 g/mol. The van der Waals surface area contributed by atoms with Crippen molar-refractivity contribution < 1.29 is 33.4 Å². The first-order chi connectivity index (χ1) is 11.8. The van der Waals surface area contributed by atoms with Crippen molar-refractivity contribution in [1.82, 2.24) is 14.8 Å². The van der Waals surface area contributed by atoms with Crippen molar-refractivity contribution in [3.8, 4) is 0 Å². The van der Waals surface area contributed by atoms with E-state index in [1.807, 2.05) is 0 Å². The Bertz CT molecular complexity index is 669. The number of carbonyl (C=O) groups excluding carboxylic acids is 1. The molecule has 2 heterocycles. The highest BCUT2D eigenvalue weighted by molar-refractivity contribution is 7.57. The molecule has 1 unspecified atom stereocenters. The van der Waals surface area contributed by atoms with Crippen LogP contribution in [0.5, 0.6) is 0 Å². The molecule has 1 aromatic rings. The Labute approximate surface area is 143 Å². The summed E-state index contributed by atoms with van der Waals surface area (Å²) in [4.78, 5) is 14.7. The van der Waals surface area contributed by atoms with Gasteiger partial charge in [0.25, 0.3) is 5.91 Å². The Balaban J connectivity index is 2.14. The van der Waals surface area contributed by atoms with Crippen molar-refractivity contribution in [1.29, 1.82) is 0 Å². The van der Waals surface area contributed by atoms with E-state index in [0.717, 1.165) is 11.0 Å². The van der Waals surface area contributed by atoms with Crippen LogP contribution in [0.2, 0.25) is 0 Å². The molecular formula is C13H21N4O7P. The highest BCUT2D eigenvalue weighted by Gasteiger charge is 2.43. The maximum atomic E-state index is 12.4. The first kappa shape index (κ1) is 19.7. The summed E-state index contributed by atoms with van der Waals surface area (Å²) in [7, 11) is -3.47. The predicted octanol–water partition coefficient (Wildman–Crippen LogP) is -0.224. The highest BCUT2D eigenvalue weighted by atomic mass is 31.2. The number of amides is 1. The lowest BCUT2D eigenvalue weighted by Gasteiger charge is -2.14. The number of hydrogen-bond donors (Lipinski definition) is 3. The second-order valence-electron chi connectivity index (χ2n) is 5.10. The Morgan fingerprint density at radius 1 is 1.40 bits per heavy atom. The van der Waals surface area contributed by atoms with Crippen LogP contribution in [0.15, 0.2) is 18.2 Å². The molecule has 2 rings (SSSR count). The molecule has 25 heavy (non-hydrogen) atoms. The number of carbonyl (C=O) groups is 1. The Morgan fingerprint density at radius 2 is 2.04 bits per heavy atom. The van der Waals surface area contributed by atoms with Crippen molar-refractivity contribution in [3.63, 3.8) is 0 Å². The van der Waals surface area contributed by atoms with Crippen LogP contribution in [0, 0.1) is 0 Å². The third kappa shape index (κ3) is 4.51. The maximum absolute atomic E-state index is 12.4. The fourth-order valence-corrected chi connectivity index (χ4v) is 3.59. The Hall–Kier alpha value is -1.62. The third-order valence-electron chi connectivity index (χ3n) is 3.34. The van der Waals surface area contributed by atoms with E-state index >= 15 is 0 Å². The number of nitrogens with two attached hydrogens (primary N) is 1. The van der Waals surface area contributed by atoms with Gasteiger partial charge >= 0.3 is 7.60 Å². The zero-order valence-corrected chi connectivity index (χ0v) is 14.7. The van der Waals surface area contributed by atoms with E-state index in [0.29, 0.717) is 0 Å². The molecule has 1 amide bonds. The van der Waals surface area contributed by atoms with Gasteiger partial charge in [0.15, 0.2) is 6.23 Å². The molecule has 0 aromatic carbocycles. The second-order valence-corrected chi connectivity index (χ2v) is 7.00. The van der Waals surface area contributed by atoms with Gasteiger partial charge in [0.1, 0.15) is 24.6 Å². The molecule has 1 aromatic heterocycles. The van der Waals surface area contributed by atoms with Crippen LogP contribution in [0.4, 0.5) is 0 Å². The molecule has 4 atom stereocenters. The van der Waals surface area contributed by atoms with Gasteiger partial charge in [-0.2, -0.15) is 0 Å². The summed E-state index contributed by atoms with van der Waals surface area (Å²) in [6.07, 6.45) is -2.31. The largest absolute Gasteiger partial charge is 0.387 e. The standard InChI is InChI=1S/C13H21N4O7P/c1-3-22-25(21,23-4-2)6-5-8-9(18)10(19)13(24-8)17-7-15-12(16-17)11(14)20/h5-10,13,18-19H,3-4H2,1-2H3,(H2,14,20)/b6-5+/t8?,9-,10-,13-/m1/s1. The zero-order chi connectivity index (χ0) is 18.6. The molecule has 1 saturated heterocycles. The van der Waals surface area contributed by atoms with E-state index in [1.165, 1.54) is 11.9 Å². The smallest absolute Gasteiger partial charge is 0.353 e. The van der Waals surface area contributed by atoms with E-state index in [1.54, 1.807) is 13.8 Å². The summed E-state index contributed by atoms with van der Waals surface area (Å²) < 4.78 is 29.2.